The van der Waals surface area contributed by atoms with Gasteiger partial charge in [0.25, 0.3) is 0 Å². The van der Waals surface area contributed by atoms with Gasteiger partial charge in [-0.15, -0.1) is 0 Å². The third-order valence-electron chi connectivity index (χ3n) is 4.31. The predicted octanol–water partition coefficient (Wildman–Crippen LogP) is 2.98. The molecule has 0 radical (unpaired) electrons. The average Bonchev–Trinajstić information content (AvgIpc) is 2.58. The van der Waals surface area contributed by atoms with Crippen molar-refractivity contribution in [2.45, 2.75) is 61.7 Å². The Morgan fingerprint density at radius 1 is 0.967 bits per heavy atom. The van der Waals surface area contributed by atoms with Crippen LogP contribution in [0.15, 0.2) is 0 Å². The molecule has 1 unspecified atom stereocenters. The molecule has 0 bridgehead atoms. The van der Waals surface area contributed by atoms with Gasteiger partial charge in [0.15, 0.2) is 0 Å². The van der Waals surface area contributed by atoms with Gasteiger partial charge in [-0.25, -0.2) is 4.79 Å². The van der Waals surface area contributed by atoms with Crippen molar-refractivity contribution in [3.05, 3.63) is 0 Å². The number of aliphatic carboxylic acids is 1. The molecule has 1 rings (SSSR count). The molecule has 0 aromatic heterocycles. The molecule has 0 aliphatic heterocycles. The summed E-state index contributed by atoms with van der Waals surface area (Å²) >= 11 is 0. The molecule has 2 N–H and O–H groups in total. The van der Waals surface area contributed by atoms with E-state index in [0.29, 0.717) is 19.3 Å². The van der Waals surface area contributed by atoms with Crippen molar-refractivity contribution in [1.82, 2.24) is 0 Å². The molecule has 30 heavy (non-hydrogen) atoms. The maximum Gasteiger partial charge on any atom is 0.468 e. The second kappa shape index (κ2) is 8.82. The van der Waals surface area contributed by atoms with E-state index < -0.39 is 64.1 Å². The molecule has 0 amide bonds. The minimum absolute atomic E-state index is 0.0744. The van der Waals surface area contributed by atoms with E-state index in [1.165, 1.54) is 0 Å². The van der Waals surface area contributed by atoms with Crippen LogP contribution in [0.4, 0.5) is 30.7 Å². The highest BCUT2D eigenvalue weighted by atomic mass is 32.2. The van der Waals surface area contributed by atoms with Gasteiger partial charge in [0.2, 0.25) is 0 Å². The van der Waals surface area contributed by atoms with Crippen LogP contribution in [0.5, 0.6) is 0 Å². The molecule has 0 spiro atoms. The maximum absolute atomic E-state index is 13.4. The number of carbonyl (C=O) groups excluding carboxylic acids is 1. The standard InChI is InChI=1S/C14H17F7O8S/c15-11(16,14(20,21)30(25,26)27)6-7-28-12(10(23)24,13(17,18)19)29-9(22)8-4-2-1-3-5-8/h8H,1-7H2,(H,23,24)(H,25,26,27). The normalized spacial score (nSPS) is 19.2. The van der Waals surface area contributed by atoms with Gasteiger partial charge in [0, 0.05) is 6.42 Å². The Morgan fingerprint density at radius 2 is 1.47 bits per heavy atom. The zero-order valence-corrected chi connectivity index (χ0v) is 15.7. The minimum Gasteiger partial charge on any atom is -0.476 e. The number of rotatable bonds is 9. The largest absolute Gasteiger partial charge is 0.476 e. The van der Waals surface area contributed by atoms with Gasteiger partial charge in [0.05, 0.1) is 12.5 Å². The Bertz CT molecular complexity index is 746. The number of carboxylic acid groups (broad SMARTS) is 1. The first-order chi connectivity index (χ1) is 13.4. The summed E-state index contributed by atoms with van der Waals surface area (Å²) < 4.78 is 130. The van der Waals surface area contributed by atoms with Crippen LogP contribution in [0.1, 0.15) is 38.5 Å². The van der Waals surface area contributed by atoms with Gasteiger partial charge in [-0.1, -0.05) is 19.3 Å². The van der Waals surface area contributed by atoms with Crippen molar-refractivity contribution in [1.29, 1.82) is 0 Å². The lowest BCUT2D eigenvalue weighted by molar-refractivity contribution is -0.357. The smallest absolute Gasteiger partial charge is 0.468 e. The molecule has 0 aromatic rings. The van der Waals surface area contributed by atoms with Gasteiger partial charge >= 0.3 is 45.2 Å². The zero-order chi connectivity index (χ0) is 23.6. The van der Waals surface area contributed by atoms with E-state index in [0.717, 1.165) is 0 Å². The third kappa shape index (κ3) is 5.32. The molecule has 0 saturated heterocycles. The van der Waals surface area contributed by atoms with Crippen molar-refractivity contribution in [3.63, 3.8) is 0 Å². The van der Waals surface area contributed by atoms with Crippen molar-refractivity contribution in [2.24, 2.45) is 5.92 Å². The molecular formula is C14H17F7O8S. The van der Waals surface area contributed by atoms with Crippen LogP contribution >= 0.6 is 0 Å². The lowest BCUT2D eigenvalue weighted by Gasteiger charge is -2.33. The van der Waals surface area contributed by atoms with Crippen LogP contribution in [0.25, 0.3) is 0 Å². The van der Waals surface area contributed by atoms with Gasteiger partial charge in [-0.3, -0.25) is 9.35 Å². The predicted molar refractivity (Wildman–Crippen MR) is 81.1 cm³/mol. The number of esters is 1. The molecule has 176 valence electrons. The average molecular weight is 478 g/mol. The van der Waals surface area contributed by atoms with Crippen LogP contribution < -0.4 is 0 Å². The highest BCUT2D eigenvalue weighted by Crippen LogP contribution is 2.42. The summed E-state index contributed by atoms with van der Waals surface area (Å²) in [5.74, 6) is -16.2. The number of hydrogen-bond acceptors (Lipinski definition) is 6. The Labute approximate surface area is 165 Å². The van der Waals surface area contributed by atoms with Crippen LogP contribution in [0, 0.1) is 5.92 Å². The van der Waals surface area contributed by atoms with E-state index in [9.17, 15) is 48.7 Å². The number of hydrogen-bond donors (Lipinski definition) is 2. The third-order valence-corrected chi connectivity index (χ3v) is 5.26. The van der Waals surface area contributed by atoms with Crippen LogP contribution in [-0.4, -0.2) is 59.8 Å². The SMILES string of the molecule is O=C(OC(OCCC(F)(F)C(F)(F)S(=O)(=O)O)(C(=O)O)C(F)(F)F)C1CCCCC1. The summed E-state index contributed by atoms with van der Waals surface area (Å²) in [5.41, 5.74) is 0. The first-order valence-corrected chi connectivity index (χ1v) is 9.72. The fourth-order valence-electron chi connectivity index (χ4n) is 2.62. The number of carboxylic acids is 1. The Hall–Kier alpha value is -1.68. The fourth-order valence-corrected chi connectivity index (χ4v) is 3.10. The highest BCUT2D eigenvalue weighted by molar-refractivity contribution is 7.87. The molecular weight excluding hydrogens is 461 g/mol. The van der Waals surface area contributed by atoms with E-state index in [-0.39, 0.29) is 12.8 Å². The number of carbonyl (C=O) groups is 2. The van der Waals surface area contributed by atoms with Crippen molar-refractivity contribution >= 4 is 22.1 Å². The Balaban J connectivity index is 3.07. The lowest BCUT2D eigenvalue weighted by atomic mass is 9.89. The molecule has 1 aliphatic rings. The molecule has 1 fully saturated rings. The van der Waals surface area contributed by atoms with Crippen LogP contribution in [-0.2, 0) is 29.2 Å². The van der Waals surface area contributed by atoms with E-state index >= 15 is 0 Å². The Kier molecular flexibility index (Phi) is 7.75. The number of halogens is 7. The number of alkyl halides is 7. The fraction of sp³-hybridized carbons (Fsp3) is 0.857. The molecule has 0 heterocycles. The van der Waals surface area contributed by atoms with E-state index in [2.05, 4.69) is 9.47 Å². The van der Waals surface area contributed by atoms with E-state index in [1.807, 2.05) is 0 Å². The Morgan fingerprint density at radius 3 is 1.87 bits per heavy atom. The molecule has 1 aliphatic carbocycles. The quantitative estimate of drug-likeness (QED) is 0.224. The van der Waals surface area contributed by atoms with Gasteiger partial charge < -0.3 is 14.6 Å². The monoisotopic (exact) mass is 478 g/mol. The zero-order valence-electron chi connectivity index (χ0n) is 14.9. The van der Waals surface area contributed by atoms with Crippen molar-refractivity contribution < 1.29 is 67.9 Å². The molecule has 0 aromatic carbocycles. The second-order valence-electron chi connectivity index (χ2n) is 6.47. The van der Waals surface area contributed by atoms with E-state index in [4.69, 9.17) is 9.66 Å². The lowest BCUT2D eigenvalue weighted by Crippen LogP contribution is -2.58. The van der Waals surface area contributed by atoms with Crippen LogP contribution in [0.3, 0.4) is 0 Å². The van der Waals surface area contributed by atoms with Crippen molar-refractivity contribution in [2.75, 3.05) is 6.61 Å². The van der Waals surface area contributed by atoms with Gasteiger partial charge in [0.1, 0.15) is 0 Å². The highest BCUT2D eigenvalue weighted by Gasteiger charge is 2.69. The summed E-state index contributed by atoms with van der Waals surface area (Å²) in [6.45, 7) is -2.12. The van der Waals surface area contributed by atoms with Gasteiger partial charge in [-0.2, -0.15) is 39.2 Å². The molecule has 1 saturated carbocycles. The summed E-state index contributed by atoms with van der Waals surface area (Å²) in [4.78, 5) is 23.2. The van der Waals surface area contributed by atoms with E-state index in [1.54, 1.807) is 0 Å². The number of ether oxygens (including phenoxy) is 2. The second-order valence-corrected chi connectivity index (χ2v) is 7.93. The summed E-state index contributed by atoms with van der Waals surface area (Å²) in [6, 6.07) is 0. The van der Waals surface area contributed by atoms with Crippen molar-refractivity contribution in [3.8, 4) is 0 Å². The first kappa shape index (κ1) is 26.4. The maximum atomic E-state index is 13.4. The molecule has 1 atom stereocenters. The van der Waals surface area contributed by atoms with Gasteiger partial charge in [-0.05, 0) is 12.8 Å². The topological polar surface area (TPSA) is 127 Å². The minimum atomic E-state index is -6.67. The first-order valence-electron chi connectivity index (χ1n) is 8.28. The van der Waals surface area contributed by atoms with Crippen LogP contribution in [0.2, 0.25) is 0 Å². The summed E-state index contributed by atoms with van der Waals surface area (Å²) in [7, 11) is -6.67. The summed E-state index contributed by atoms with van der Waals surface area (Å²) in [5, 5.41) is 2.83. The molecule has 16 heteroatoms. The summed E-state index contributed by atoms with van der Waals surface area (Å²) in [6.07, 6.45) is -6.79. The molecule has 8 nitrogen and oxygen atoms in total.